The fraction of sp³-hybridized carbons (Fsp3) is 0.143. The van der Waals surface area contributed by atoms with E-state index in [0.717, 1.165) is 0 Å². The van der Waals surface area contributed by atoms with Gasteiger partial charge in [-0.15, -0.1) is 0 Å². The monoisotopic (exact) mass is 283 g/mol. The molecule has 0 saturated heterocycles. The van der Waals surface area contributed by atoms with E-state index in [2.05, 4.69) is 5.32 Å². The molecular weight excluding hydrogens is 272 g/mol. The van der Waals surface area contributed by atoms with E-state index >= 15 is 0 Å². The molecule has 0 saturated carbocycles. The molecule has 100 valence electrons. The highest BCUT2D eigenvalue weighted by Crippen LogP contribution is 2.23. The normalized spacial score (nSPS) is 10.3. The summed E-state index contributed by atoms with van der Waals surface area (Å²) in [4.78, 5) is 0. The average molecular weight is 284 g/mol. The van der Waals surface area contributed by atoms with Crippen LogP contribution in [0.2, 0.25) is 5.02 Å². The second kappa shape index (κ2) is 5.89. The first kappa shape index (κ1) is 13.6. The summed E-state index contributed by atoms with van der Waals surface area (Å²) in [6.45, 7) is 0.290. The standard InChI is InChI=1S/C14H12ClF2NO/c1-19-13-6-5-9(7-11(13)16)8-18-12-4-2-3-10(15)14(12)17/h2-7,18H,8H2,1H3. The quantitative estimate of drug-likeness (QED) is 0.906. The zero-order chi connectivity index (χ0) is 13.8. The molecule has 1 N–H and O–H groups in total. The van der Waals surface area contributed by atoms with Gasteiger partial charge in [-0.25, -0.2) is 8.78 Å². The van der Waals surface area contributed by atoms with Crippen molar-refractivity contribution in [2.45, 2.75) is 6.54 Å². The van der Waals surface area contributed by atoms with Crippen LogP contribution in [0.25, 0.3) is 0 Å². The molecule has 0 heterocycles. The number of ether oxygens (including phenoxy) is 1. The van der Waals surface area contributed by atoms with Crippen LogP contribution in [0.15, 0.2) is 36.4 Å². The zero-order valence-corrected chi connectivity index (χ0v) is 11.0. The van der Waals surface area contributed by atoms with E-state index in [4.69, 9.17) is 16.3 Å². The minimum atomic E-state index is -0.516. The Balaban J connectivity index is 2.10. The molecule has 0 aliphatic heterocycles. The summed E-state index contributed by atoms with van der Waals surface area (Å²) in [7, 11) is 1.40. The molecule has 0 amide bonds. The largest absolute Gasteiger partial charge is 0.494 e. The van der Waals surface area contributed by atoms with Gasteiger partial charge in [0.2, 0.25) is 0 Å². The summed E-state index contributed by atoms with van der Waals surface area (Å²) in [6, 6.07) is 9.25. The Labute approximate surface area is 115 Å². The van der Waals surface area contributed by atoms with Gasteiger partial charge in [0.25, 0.3) is 0 Å². The van der Waals surface area contributed by atoms with Crippen molar-refractivity contribution < 1.29 is 13.5 Å². The topological polar surface area (TPSA) is 21.3 Å². The second-order valence-corrected chi connectivity index (χ2v) is 4.33. The van der Waals surface area contributed by atoms with Gasteiger partial charge in [0, 0.05) is 6.54 Å². The molecule has 0 fully saturated rings. The maximum atomic E-state index is 13.6. The van der Waals surface area contributed by atoms with Gasteiger partial charge in [0.15, 0.2) is 17.4 Å². The van der Waals surface area contributed by atoms with Crippen LogP contribution in [-0.2, 0) is 6.54 Å². The minimum absolute atomic E-state index is 0.0471. The number of methoxy groups -OCH3 is 1. The number of hydrogen-bond donors (Lipinski definition) is 1. The molecule has 2 aromatic carbocycles. The van der Waals surface area contributed by atoms with Gasteiger partial charge in [0.05, 0.1) is 17.8 Å². The number of nitrogens with one attached hydrogen (secondary N) is 1. The van der Waals surface area contributed by atoms with Crippen molar-refractivity contribution in [2.75, 3.05) is 12.4 Å². The van der Waals surface area contributed by atoms with Crippen molar-refractivity contribution in [2.24, 2.45) is 0 Å². The summed E-state index contributed by atoms with van der Waals surface area (Å²) < 4.78 is 31.9. The lowest BCUT2D eigenvalue weighted by atomic mass is 10.2. The van der Waals surface area contributed by atoms with Crippen LogP contribution in [0.3, 0.4) is 0 Å². The smallest absolute Gasteiger partial charge is 0.165 e. The van der Waals surface area contributed by atoms with Gasteiger partial charge in [-0.05, 0) is 29.8 Å². The van der Waals surface area contributed by atoms with Crippen molar-refractivity contribution in [3.63, 3.8) is 0 Å². The van der Waals surface area contributed by atoms with E-state index in [0.29, 0.717) is 5.56 Å². The lowest BCUT2D eigenvalue weighted by Crippen LogP contribution is -2.02. The molecule has 0 aliphatic rings. The Morgan fingerprint density at radius 1 is 1.21 bits per heavy atom. The first-order chi connectivity index (χ1) is 9.11. The van der Waals surface area contributed by atoms with E-state index in [1.807, 2.05) is 0 Å². The third-order valence-corrected chi connectivity index (χ3v) is 2.94. The molecule has 19 heavy (non-hydrogen) atoms. The maximum absolute atomic E-state index is 13.6. The lowest BCUT2D eigenvalue weighted by molar-refractivity contribution is 0.386. The number of hydrogen-bond acceptors (Lipinski definition) is 2. The Morgan fingerprint density at radius 3 is 2.68 bits per heavy atom. The van der Waals surface area contributed by atoms with Gasteiger partial charge < -0.3 is 10.1 Å². The Bertz CT molecular complexity index is 590. The molecule has 0 aromatic heterocycles. The molecule has 0 aliphatic carbocycles. The first-order valence-electron chi connectivity index (χ1n) is 5.62. The summed E-state index contributed by atoms with van der Waals surface area (Å²) in [5.74, 6) is -0.788. The molecule has 2 aromatic rings. The molecule has 2 rings (SSSR count). The number of halogens is 3. The summed E-state index contributed by atoms with van der Waals surface area (Å²) >= 11 is 5.67. The maximum Gasteiger partial charge on any atom is 0.165 e. The van der Waals surface area contributed by atoms with Crippen LogP contribution >= 0.6 is 11.6 Å². The SMILES string of the molecule is COc1ccc(CNc2cccc(Cl)c2F)cc1F. The molecule has 0 unspecified atom stereocenters. The van der Waals surface area contributed by atoms with Crippen LogP contribution < -0.4 is 10.1 Å². The average Bonchev–Trinajstić information content (AvgIpc) is 2.40. The lowest BCUT2D eigenvalue weighted by Gasteiger charge is -2.09. The molecule has 5 heteroatoms. The third kappa shape index (κ3) is 3.15. The molecule has 2 nitrogen and oxygen atoms in total. The molecule has 0 spiro atoms. The highest BCUT2D eigenvalue weighted by Gasteiger charge is 2.07. The van der Waals surface area contributed by atoms with E-state index in [-0.39, 0.29) is 23.0 Å². The molecule has 0 radical (unpaired) electrons. The van der Waals surface area contributed by atoms with Gasteiger partial charge in [-0.1, -0.05) is 23.7 Å². The molecule has 0 bridgehead atoms. The van der Waals surface area contributed by atoms with Gasteiger partial charge in [-0.3, -0.25) is 0 Å². The van der Waals surface area contributed by atoms with Crippen molar-refractivity contribution in [3.05, 3.63) is 58.6 Å². The number of anilines is 1. The van der Waals surface area contributed by atoms with Crippen LogP contribution in [0.4, 0.5) is 14.5 Å². The highest BCUT2D eigenvalue weighted by atomic mass is 35.5. The third-order valence-electron chi connectivity index (χ3n) is 2.65. The van der Waals surface area contributed by atoms with Gasteiger partial charge in [0.1, 0.15) is 0 Å². The van der Waals surface area contributed by atoms with E-state index in [1.165, 1.54) is 25.3 Å². The number of benzene rings is 2. The minimum Gasteiger partial charge on any atom is -0.494 e. The zero-order valence-electron chi connectivity index (χ0n) is 10.2. The van der Waals surface area contributed by atoms with Crippen molar-refractivity contribution in [1.82, 2.24) is 0 Å². The number of rotatable bonds is 4. The fourth-order valence-corrected chi connectivity index (χ4v) is 1.83. The van der Waals surface area contributed by atoms with Crippen LogP contribution in [0.5, 0.6) is 5.75 Å². The fourth-order valence-electron chi connectivity index (χ4n) is 1.66. The molecular formula is C14H12ClF2NO. The Hall–Kier alpha value is -1.81. The predicted molar refractivity (Wildman–Crippen MR) is 71.7 cm³/mol. The van der Waals surface area contributed by atoms with Crippen molar-refractivity contribution in [3.8, 4) is 5.75 Å². The second-order valence-electron chi connectivity index (χ2n) is 3.92. The van der Waals surface area contributed by atoms with Gasteiger partial charge >= 0.3 is 0 Å². The van der Waals surface area contributed by atoms with E-state index < -0.39 is 11.6 Å². The van der Waals surface area contributed by atoms with Crippen molar-refractivity contribution in [1.29, 1.82) is 0 Å². The summed E-state index contributed by atoms with van der Waals surface area (Å²) in [6.07, 6.45) is 0. The predicted octanol–water partition coefficient (Wildman–Crippen LogP) is 4.24. The van der Waals surface area contributed by atoms with E-state index in [1.54, 1.807) is 18.2 Å². The van der Waals surface area contributed by atoms with E-state index in [9.17, 15) is 8.78 Å². The van der Waals surface area contributed by atoms with Crippen LogP contribution in [0, 0.1) is 11.6 Å². The first-order valence-corrected chi connectivity index (χ1v) is 6.00. The Morgan fingerprint density at radius 2 is 2.00 bits per heavy atom. The van der Waals surface area contributed by atoms with Gasteiger partial charge in [-0.2, -0.15) is 0 Å². The summed E-state index contributed by atoms with van der Waals surface area (Å²) in [5.41, 5.74) is 0.960. The van der Waals surface area contributed by atoms with Crippen molar-refractivity contribution >= 4 is 17.3 Å². The van der Waals surface area contributed by atoms with Crippen LogP contribution in [-0.4, -0.2) is 7.11 Å². The highest BCUT2D eigenvalue weighted by molar-refractivity contribution is 6.31. The molecule has 0 atom stereocenters. The summed E-state index contributed by atoms with van der Waals surface area (Å²) in [5, 5.41) is 2.91. The van der Waals surface area contributed by atoms with Crippen LogP contribution in [0.1, 0.15) is 5.56 Å². The Kier molecular flexibility index (Phi) is 4.22.